The first-order valence-corrected chi connectivity index (χ1v) is 14.5. The van der Waals surface area contributed by atoms with Gasteiger partial charge in [0.25, 0.3) is 0 Å². The molecule has 4 heteroatoms. The van der Waals surface area contributed by atoms with E-state index in [4.69, 9.17) is 11.2 Å². The second-order valence-electron chi connectivity index (χ2n) is 14.0. The molecule has 7 saturated carbocycles. The van der Waals surface area contributed by atoms with Crippen molar-refractivity contribution in [2.45, 2.75) is 102 Å². The van der Waals surface area contributed by atoms with E-state index in [0.29, 0.717) is 23.7 Å². The van der Waals surface area contributed by atoms with Gasteiger partial charge in [-0.15, -0.1) is 6.42 Å². The Hall–Kier alpha value is -1.76. The lowest BCUT2D eigenvalue weighted by molar-refractivity contribution is -0.195. The summed E-state index contributed by atoms with van der Waals surface area (Å²) in [6, 6.07) is 0. The number of oxime groups is 1. The molecule has 0 aliphatic heterocycles. The number of terminal acetylenes is 1. The van der Waals surface area contributed by atoms with Gasteiger partial charge in [0.15, 0.2) is 5.60 Å². The molecule has 0 heterocycles. The van der Waals surface area contributed by atoms with Gasteiger partial charge in [-0.2, -0.15) is 0 Å². The second kappa shape index (κ2) is 7.62. The summed E-state index contributed by atoms with van der Waals surface area (Å²) >= 11 is 0. The minimum Gasteiger partial charge on any atom is -0.445 e. The van der Waals surface area contributed by atoms with Crippen LogP contribution in [0, 0.1) is 64.6 Å². The van der Waals surface area contributed by atoms with Crippen LogP contribution in [-0.4, -0.2) is 22.5 Å². The highest BCUT2D eigenvalue weighted by Crippen LogP contribution is 2.67. The molecule has 7 fully saturated rings. The molecule has 0 aromatic heterocycles. The highest BCUT2D eigenvalue weighted by Gasteiger charge is 2.66. The molecule has 188 valence electrons. The third-order valence-electron chi connectivity index (χ3n) is 12.5. The van der Waals surface area contributed by atoms with Crippen molar-refractivity contribution in [3.63, 3.8) is 0 Å². The molecular formula is C31H41NO3. The van der Waals surface area contributed by atoms with E-state index in [1.54, 1.807) is 0 Å². The lowest BCUT2D eigenvalue weighted by Crippen LogP contribution is -2.57. The zero-order chi connectivity index (χ0) is 24.0. The molecule has 0 aromatic rings. The molecular weight excluding hydrogens is 434 g/mol. The van der Waals surface area contributed by atoms with Crippen molar-refractivity contribution in [2.75, 3.05) is 0 Å². The third kappa shape index (κ3) is 3.05. The summed E-state index contributed by atoms with van der Waals surface area (Å²) in [5, 5.41) is 12.8. The Kier molecular flexibility index (Phi) is 4.89. The van der Waals surface area contributed by atoms with E-state index in [1.165, 1.54) is 37.7 Å². The van der Waals surface area contributed by atoms with Crippen molar-refractivity contribution in [1.29, 1.82) is 0 Å². The lowest BCUT2D eigenvalue weighted by atomic mass is 9.49. The summed E-state index contributed by atoms with van der Waals surface area (Å²) < 4.78 is 6.69. The van der Waals surface area contributed by atoms with Crippen LogP contribution in [0.1, 0.15) is 96.8 Å². The predicted molar refractivity (Wildman–Crippen MR) is 135 cm³/mol. The Morgan fingerprint density at radius 2 is 1.74 bits per heavy atom. The molecule has 0 amide bonds. The molecule has 0 radical (unpaired) electrons. The van der Waals surface area contributed by atoms with Gasteiger partial charge in [0.1, 0.15) is 0 Å². The maximum absolute atomic E-state index is 14.0. The zero-order valence-electron chi connectivity index (χ0n) is 21.3. The van der Waals surface area contributed by atoms with E-state index in [2.05, 4.69) is 24.1 Å². The molecule has 0 aromatic carbocycles. The van der Waals surface area contributed by atoms with Crippen molar-refractivity contribution >= 4 is 11.7 Å². The Bertz CT molecular complexity index is 999. The molecule has 0 spiro atoms. The summed E-state index contributed by atoms with van der Waals surface area (Å²) in [4.78, 5) is 14.0. The van der Waals surface area contributed by atoms with Crippen molar-refractivity contribution in [2.24, 2.45) is 57.4 Å². The van der Waals surface area contributed by atoms with E-state index < -0.39 is 5.60 Å². The highest BCUT2D eigenvalue weighted by molar-refractivity contribution is 5.96. The Labute approximate surface area is 210 Å². The van der Waals surface area contributed by atoms with Crippen LogP contribution >= 0.6 is 0 Å². The normalized spacial score (nSPS) is 52.7. The van der Waals surface area contributed by atoms with Gasteiger partial charge in [-0.05, 0) is 137 Å². The Morgan fingerprint density at radius 3 is 2.40 bits per heavy atom. The molecule has 8 aliphatic rings. The third-order valence-corrected chi connectivity index (χ3v) is 12.5. The quantitative estimate of drug-likeness (QED) is 0.214. The van der Waals surface area contributed by atoms with Crippen LogP contribution in [0.5, 0.6) is 0 Å². The summed E-state index contributed by atoms with van der Waals surface area (Å²) in [6.45, 7) is 2.37. The maximum Gasteiger partial charge on any atom is 0.313 e. The number of carbonyl (C=O) groups excluding carboxylic acids is 1. The summed E-state index contributed by atoms with van der Waals surface area (Å²) in [5.41, 5.74) is 1.25. The summed E-state index contributed by atoms with van der Waals surface area (Å²) in [5.74, 6) is 7.93. The number of hydrogen-bond acceptors (Lipinski definition) is 4. The van der Waals surface area contributed by atoms with Gasteiger partial charge in [-0.25, -0.2) is 0 Å². The molecule has 8 rings (SSSR count). The average Bonchev–Trinajstić information content (AvgIpc) is 3.15. The molecule has 0 unspecified atom stereocenters. The molecule has 0 saturated heterocycles. The van der Waals surface area contributed by atoms with Gasteiger partial charge in [-0.1, -0.05) is 23.6 Å². The van der Waals surface area contributed by atoms with Gasteiger partial charge in [-0.3, -0.25) is 4.79 Å². The zero-order valence-corrected chi connectivity index (χ0v) is 21.3. The SMILES string of the molecule is C#C[C@]1(OC(=O)C23CC4CC(CC(C4)C2)C3)CC[C@H]2[C@@H]3CCC4=C/C(=N/O)CC[C@@H]4[C@H]3CC[C@@]21C. The maximum atomic E-state index is 14.0. The van der Waals surface area contributed by atoms with E-state index in [-0.39, 0.29) is 16.8 Å². The number of fused-ring (bicyclic) bond motifs is 5. The minimum atomic E-state index is -0.734. The van der Waals surface area contributed by atoms with Crippen molar-refractivity contribution in [3.05, 3.63) is 11.6 Å². The fourth-order valence-corrected chi connectivity index (χ4v) is 11.3. The largest absolute Gasteiger partial charge is 0.445 e. The van der Waals surface area contributed by atoms with Crippen LogP contribution in [0.2, 0.25) is 0 Å². The van der Waals surface area contributed by atoms with Gasteiger partial charge < -0.3 is 9.94 Å². The Balaban J connectivity index is 1.14. The van der Waals surface area contributed by atoms with E-state index in [9.17, 15) is 10.0 Å². The first-order chi connectivity index (χ1) is 16.9. The van der Waals surface area contributed by atoms with Crippen LogP contribution in [0.3, 0.4) is 0 Å². The summed E-state index contributed by atoms with van der Waals surface area (Å²) in [7, 11) is 0. The molecule has 1 N–H and O–H groups in total. The number of allylic oxidation sites excluding steroid dienone is 2. The number of carbonyl (C=O) groups is 1. The van der Waals surface area contributed by atoms with E-state index >= 15 is 0 Å². The minimum absolute atomic E-state index is 0.0653. The summed E-state index contributed by atoms with van der Waals surface area (Å²) in [6.07, 6.45) is 24.1. The fraction of sp³-hybridized carbons (Fsp3) is 0.806. The van der Waals surface area contributed by atoms with Crippen LogP contribution in [-0.2, 0) is 9.53 Å². The van der Waals surface area contributed by atoms with Gasteiger partial charge in [0, 0.05) is 5.41 Å². The molecule has 4 bridgehead atoms. The topological polar surface area (TPSA) is 58.9 Å². The van der Waals surface area contributed by atoms with Crippen LogP contribution in [0.25, 0.3) is 0 Å². The first-order valence-electron chi connectivity index (χ1n) is 14.5. The van der Waals surface area contributed by atoms with E-state index in [1.807, 2.05) is 0 Å². The molecule has 6 atom stereocenters. The lowest BCUT2D eigenvalue weighted by Gasteiger charge is -2.57. The predicted octanol–water partition coefficient (Wildman–Crippen LogP) is 6.52. The van der Waals surface area contributed by atoms with Gasteiger partial charge in [0.2, 0.25) is 0 Å². The molecule has 4 nitrogen and oxygen atoms in total. The fourth-order valence-electron chi connectivity index (χ4n) is 11.3. The smallest absolute Gasteiger partial charge is 0.313 e. The second-order valence-corrected chi connectivity index (χ2v) is 14.0. The highest BCUT2D eigenvalue weighted by atomic mass is 16.6. The van der Waals surface area contributed by atoms with E-state index in [0.717, 1.165) is 81.3 Å². The van der Waals surface area contributed by atoms with Crippen molar-refractivity contribution in [3.8, 4) is 12.3 Å². The monoisotopic (exact) mass is 475 g/mol. The number of ether oxygens (including phenoxy) is 1. The average molecular weight is 476 g/mol. The number of rotatable bonds is 2. The van der Waals surface area contributed by atoms with Crippen LogP contribution in [0.15, 0.2) is 16.8 Å². The standard InChI is InChI=1S/C31H41NO3/c1-3-31(35-28(33)30-16-19-12-20(17-30)14-21(13-19)18-30)11-9-27-26-6-4-22-15-23(32-34)5-7-24(22)25(26)8-10-29(27,31)2/h1,15,19-21,24-27,34H,4-14,16-18H2,2H3/b32-23+/t19?,20?,21?,24-,25+,26+,27-,29-,30?,31-/m0/s1. The first kappa shape index (κ1) is 22.4. The Morgan fingerprint density at radius 1 is 1.03 bits per heavy atom. The van der Waals surface area contributed by atoms with Crippen molar-refractivity contribution in [1.82, 2.24) is 0 Å². The van der Waals surface area contributed by atoms with Crippen LogP contribution in [0.4, 0.5) is 0 Å². The number of hydrogen-bond donors (Lipinski definition) is 1. The van der Waals surface area contributed by atoms with Gasteiger partial charge >= 0.3 is 5.97 Å². The van der Waals surface area contributed by atoms with Gasteiger partial charge in [0.05, 0.1) is 11.1 Å². The van der Waals surface area contributed by atoms with Crippen LogP contribution < -0.4 is 0 Å². The molecule has 8 aliphatic carbocycles. The number of esters is 1. The molecule has 35 heavy (non-hydrogen) atoms. The van der Waals surface area contributed by atoms with Crippen molar-refractivity contribution < 1.29 is 14.7 Å². The number of nitrogens with zero attached hydrogens (tertiary/aromatic N) is 1.